The third-order valence-electron chi connectivity index (χ3n) is 3.75. The van der Waals surface area contributed by atoms with Crippen molar-refractivity contribution in [2.24, 2.45) is 0 Å². The highest BCUT2D eigenvalue weighted by atomic mass is 32.2. The lowest BCUT2D eigenvalue weighted by Crippen LogP contribution is -2.42. The summed E-state index contributed by atoms with van der Waals surface area (Å²) < 4.78 is 33.3. The number of sulfone groups is 1. The molecule has 0 aliphatic carbocycles. The minimum Gasteiger partial charge on any atom is -0.494 e. The molecule has 0 aromatic heterocycles. The first kappa shape index (κ1) is 20.6. The number of thioether (sulfide) groups is 1. The highest BCUT2D eigenvalue weighted by molar-refractivity contribution is 8.00. The van der Waals surface area contributed by atoms with Crippen LogP contribution >= 0.6 is 11.8 Å². The summed E-state index contributed by atoms with van der Waals surface area (Å²) in [6, 6.07) is 6.93. The smallest absolute Gasteiger partial charge is 0.317 e. The fraction of sp³-hybridized carbons (Fsp3) is 0.529. The number of carbonyl (C=O) groups excluding carboxylic acids is 2. The maximum absolute atomic E-state index is 12.0. The van der Waals surface area contributed by atoms with Crippen molar-refractivity contribution in [3.63, 3.8) is 0 Å². The number of hydrogen-bond acceptors (Lipinski definition) is 7. The Morgan fingerprint density at radius 3 is 2.58 bits per heavy atom. The van der Waals surface area contributed by atoms with Crippen LogP contribution in [0.1, 0.15) is 20.3 Å². The number of hydrogen-bond donors (Lipinski definition) is 1. The van der Waals surface area contributed by atoms with Gasteiger partial charge in [0.2, 0.25) is 0 Å². The summed E-state index contributed by atoms with van der Waals surface area (Å²) in [4.78, 5) is 24.8. The standard InChI is InChI=1S/C17H23NO6S2/c1-3-23-14-4-6-15(7-5-14)25-10-16(19)24-12(2)17(20)18-13-8-9-26(21,22)11-13/h4-7,12-13H,3,8-11H2,1-2H3,(H,18,20)/t12-,13-/m1/s1. The quantitative estimate of drug-likeness (QED) is 0.519. The second kappa shape index (κ2) is 9.27. The maximum atomic E-state index is 12.0. The molecule has 1 heterocycles. The maximum Gasteiger partial charge on any atom is 0.317 e. The topological polar surface area (TPSA) is 98.8 Å². The molecule has 1 fully saturated rings. The second-order valence-electron chi connectivity index (χ2n) is 5.93. The fourth-order valence-electron chi connectivity index (χ4n) is 2.45. The third kappa shape index (κ3) is 6.53. The van der Waals surface area contributed by atoms with Gasteiger partial charge in [-0.3, -0.25) is 9.59 Å². The van der Waals surface area contributed by atoms with Crippen molar-refractivity contribution in [3.8, 4) is 5.75 Å². The van der Waals surface area contributed by atoms with Crippen molar-refractivity contribution >= 4 is 33.5 Å². The van der Waals surface area contributed by atoms with Gasteiger partial charge < -0.3 is 14.8 Å². The Morgan fingerprint density at radius 1 is 1.31 bits per heavy atom. The molecular weight excluding hydrogens is 378 g/mol. The van der Waals surface area contributed by atoms with E-state index in [4.69, 9.17) is 9.47 Å². The summed E-state index contributed by atoms with van der Waals surface area (Å²) in [7, 11) is -3.07. The van der Waals surface area contributed by atoms with Crippen molar-refractivity contribution in [2.45, 2.75) is 37.3 Å². The van der Waals surface area contributed by atoms with E-state index in [0.717, 1.165) is 10.6 Å². The first-order valence-corrected chi connectivity index (χ1v) is 11.2. The first-order valence-electron chi connectivity index (χ1n) is 8.35. The predicted molar refractivity (Wildman–Crippen MR) is 99.1 cm³/mol. The van der Waals surface area contributed by atoms with Crippen LogP contribution in [-0.2, 0) is 24.2 Å². The number of ether oxygens (including phenoxy) is 2. The molecule has 1 aromatic carbocycles. The Bertz CT molecular complexity index is 732. The van der Waals surface area contributed by atoms with Gasteiger partial charge in [-0.05, 0) is 44.5 Å². The van der Waals surface area contributed by atoms with Crippen LogP contribution in [0.15, 0.2) is 29.2 Å². The van der Waals surface area contributed by atoms with Crippen LogP contribution in [0.5, 0.6) is 5.75 Å². The molecule has 1 aliphatic heterocycles. The monoisotopic (exact) mass is 401 g/mol. The molecule has 0 unspecified atom stereocenters. The Kier molecular flexibility index (Phi) is 7.33. The first-order chi connectivity index (χ1) is 12.3. The van der Waals surface area contributed by atoms with Gasteiger partial charge in [0, 0.05) is 10.9 Å². The fourth-order valence-corrected chi connectivity index (χ4v) is 4.81. The average Bonchev–Trinajstić information content (AvgIpc) is 2.93. The minimum atomic E-state index is -3.07. The van der Waals surface area contributed by atoms with Gasteiger partial charge in [0.15, 0.2) is 15.9 Å². The van der Waals surface area contributed by atoms with Gasteiger partial charge in [0.1, 0.15) is 5.75 Å². The molecule has 1 aromatic rings. The van der Waals surface area contributed by atoms with Gasteiger partial charge in [-0.25, -0.2) is 8.42 Å². The molecule has 2 rings (SSSR count). The normalized spacial score (nSPS) is 19.5. The number of carbonyl (C=O) groups is 2. The van der Waals surface area contributed by atoms with E-state index >= 15 is 0 Å². The molecule has 144 valence electrons. The third-order valence-corrected chi connectivity index (χ3v) is 6.50. The van der Waals surface area contributed by atoms with Gasteiger partial charge in [-0.15, -0.1) is 11.8 Å². The molecular formula is C17H23NO6S2. The van der Waals surface area contributed by atoms with Crippen LogP contribution in [0.2, 0.25) is 0 Å². The van der Waals surface area contributed by atoms with Crippen molar-refractivity contribution < 1.29 is 27.5 Å². The summed E-state index contributed by atoms with van der Waals surface area (Å²) in [5.41, 5.74) is 0. The van der Waals surface area contributed by atoms with Gasteiger partial charge in [-0.1, -0.05) is 0 Å². The van der Waals surface area contributed by atoms with Gasteiger partial charge in [0.05, 0.1) is 23.9 Å². The molecule has 26 heavy (non-hydrogen) atoms. The molecule has 1 amide bonds. The molecule has 0 spiro atoms. The van der Waals surface area contributed by atoms with Gasteiger partial charge >= 0.3 is 5.97 Å². The Labute approximate surface area is 157 Å². The van der Waals surface area contributed by atoms with E-state index in [1.807, 2.05) is 31.2 Å². The van der Waals surface area contributed by atoms with Crippen molar-refractivity contribution in [1.82, 2.24) is 5.32 Å². The summed E-state index contributed by atoms with van der Waals surface area (Å²) in [6.45, 7) is 3.96. The molecule has 1 aliphatic rings. The van der Waals surface area contributed by atoms with Crippen LogP contribution in [0, 0.1) is 0 Å². The zero-order valence-electron chi connectivity index (χ0n) is 14.8. The zero-order valence-corrected chi connectivity index (χ0v) is 16.4. The summed E-state index contributed by atoms with van der Waals surface area (Å²) in [6.07, 6.45) is -0.575. The predicted octanol–water partition coefficient (Wildman–Crippen LogP) is 1.41. The molecule has 1 N–H and O–H groups in total. The Hall–Kier alpha value is -1.74. The number of rotatable bonds is 8. The van der Waals surface area contributed by atoms with Crippen LogP contribution in [-0.4, -0.2) is 56.3 Å². The lowest BCUT2D eigenvalue weighted by molar-refractivity contribution is -0.152. The number of benzene rings is 1. The average molecular weight is 402 g/mol. The van der Waals surface area contributed by atoms with E-state index in [0.29, 0.717) is 13.0 Å². The highest BCUT2D eigenvalue weighted by Crippen LogP contribution is 2.21. The Morgan fingerprint density at radius 2 is 2.00 bits per heavy atom. The number of nitrogens with one attached hydrogen (secondary N) is 1. The molecule has 0 radical (unpaired) electrons. The zero-order chi connectivity index (χ0) is 19.2. The van der Waals surface area contributed by atoms with Crippen LogP contribution in [0.4, 0.5) is 0 Å². The number of esters is 1. The summed E-state index contributed by atoms with van der Waals surface area (Å²) in [5, 5.41) is 2.62. The second-order valence-corrected chi connectivity index (χ2v) is 9.21. The highest BCUT2D eigenvalue weighted by Gasteiger charge is 2.30. The van der Waals surface area contributed by atoms with Crippen LogP contribution in [0.25, 0.3) is 0 Å². The van der Waals surface area contributed by atoms with E-state index in [2.05, 4.69) is 5.32 Å². The molecule has 2 atom stereocenters. The van der Waals surface area contributed by atoms with Crippen molar-refractivity contribution in [3.05, 3.63) is 24.3 Å². The largest absolute Gasteiger partial charge is 0.494 e. The van der Waals surface area contributed by atoms with E-state index in [-0.39, 0.29) is 17.3 Å². The lowest BCUT2D eigenvalue weighted by atomic mass is 10.2. The van der Waals surface area contributed by atoms with Crippen LogP contribution in [0.3, 0.4) is 0 Å². The molecule has 1 saturated heterocycles. The van der Waals surface area contributed by atoms with E-state index < -0.39 is 33.9 Å². The van der Waals surface area contributed by atoms with Crippen molar-refractivity contribution in [2.75, 3.05) is 23.9 Å². The van der Waals surface area contributed by atoms with Crippen LogP contribution < -0.4 is 10.1 Å². The molecule has 0 saturated carbocycles. The van der Waals surface area contributed by atoms with Gasteiger partial charge in [-0.2, -0.15) is 0 Å². The SMILES string of the molecule is CCOc1ccc(SCC(=O)O[C@H](C)C(=O)N[C@@H]2CCS(=O)(=O)C2)cc1. The molecule has 0 bridgehead atoms. The number of amides is 1. The molecule has 7 nitrogen and oxygen atoms in total. The van der Waals surface area contributed by atoms with Gasteiger partial charge in [0.25, 0.3) is 5.91 Å². The van der Waals surface area contributed by atoms with E-state index in [1.54, 1.807) is 0 Å². The summed E-state index contributed by atoms with van der Waals surface area (Å²) in [5.74, 6) is -0.142. The summed E-state index contributed by atoms with van der Waals surface area (Å²) >= 11 is 1.30. The van der Waals surface area contributed by atoms with E-state index in [1.165, 1.54) is 18.7 Å². The lowest BCUT2D eigenvalue weighted by Gasteiger charge is -2.16. The van der Waals surface area contributed by atoms with Crippen molar-refractivity contribution in [1.29, 1.82) is 0 Å². The van der Waals surface area contributed by atoms with E-state index in [9.17, 15) is 18.0 Å². The molecule has 9 heteroatoms. The minimum absolute atomic E-state index is 0.0625. The Balaban J connectivity index is 1.73.